The van der Waals surface area contributed by atoms with E-state index in [0.717, 1.165) is 6.08 Å². The Hall–Kier alpha value is -1.88. The summed E-state index contributed by atoms with van der Waals surface area (Å²) in [7, 11) is 0. The van der Waals surface area contributed by atoms with Crippen molar-refractivity contribution in [2.45, 2.75) is 0 Å². The predicted molar refractivity (Wildman–Crippen MR) is 54.1 cm³/mol. The molecule has 0 aromatic heterocycles. The average Bonchev–Trinajstić information content (AvgIpc) is 2.26. The molecular weight excluding hydrogens is 222 g/mol. The minimum Gasteiger partial charge on any atom is -0.344 e. The largest absolute Gasteiger partial charge is 0.349 e. The third-order valence-corrected chi connectivity index (χ3v) is 1.74. The molecule has 0 fully saturated rings. The molecule has 0 spiro atoms. The maximum atomic E-state index is 10.6. The van der Waals surface area contributed by atoms with E-state index in [1.165, 1.54) is 30.3 Å². The third-order valence-electron chi connectivity index (χ3n) is 1.59. The van der Waals surface area contributed by atoms with Crippen molar-refractivity contribution in [2.24, 2.45) is 0 Å². The molecule has 15 heavy (non-hydrogen) atoms. The number of hydrogen-bond donors (Lipinski definition) is 0. The van der Waals surface area contributed by atoms with Gasteiger partial charge in [-0.2, -0.15) is 0 Å². The molecule has 1 aromatic rings. The first-order chi connectivity index (χ1) is 7.13. The van der Waals surface area contributed by atoms with Crippen LogP contribution in [0.5, 0.6) is 0 Å². The standard InChI is InChI=1S/C9H6ClNO4/c10-15-9(12)6-3-7-1-4-8(5-2-7)11(13)14/h1-6H/b6-3+. The second-order valence-corrected chi connectivity index (χ2v) is 2.73. The molecule has 1 rings (SSSR count). The zero-order valence-corrected chi connectivity index (χ0v) is 8.18. The SMILES string of the molecule is O=C(/C=C/c1ccc([N+](=O)[O-])cc1)OCl. The van der Waals surface area contributed by atoms with E-state index in [1.54, 1.807) is 0 Å². The molecular formula is C9H6ClNO4. The summed E-state index contributed by atoms with van der Waals surface area (Å²) in [5.41, 5.74) is 0.634. The summed E-state index contributed by atoms with van der Waals surface area (Å²) in [6, 6.07) is 5.70. The van der Waals surface area contributed by atoms with E-state index in [1.807, 2.05) is 0 Å². The molecule has 0 bridgehead atoms. The molecule has 5 nitrogen and oxygen atoms in total. The van der Waals surface area contributed by atoms with Crippen LogP contribution >= 0.6 is 11.9 Å². The van der Waals surface area contributed by atoms with Crippen molar-refractivity contribution in [2.75, 3.05) is 0 Å². The number of nitro benzene ring substituents is 1. The maximum absolute atomic E-state index is 10.6. The fraction of sp³-hybridized carbons (Fsp3) is 0. The van der Waals surface area contributed by atoms with Crippen LogP contribution in [0, 0.1) is 10.1 Å². The monoisotopic (exact) mass is 227 g/mol. The lowest BCUT2D eigenvalue weighted by Gasteiger charge is -1.92. The number of halogens is 1. The van der Waals surface area contributed by atoms with Gasteiger partial charge in [0.15, 0.2) is 0 Å². The van der Waals surface area contributed by atoms with Gasteiger partial charge in [-0.05, 0) is 23.8 Å². The summed E-state index contributed by atoms with van der Waals surface area (Å²) in [6.45, 7) is 0. The molecule has 0 heterocycles. The molecule has 6 heteroatoms. The predicted octanol–water partition coefficient (Wildman–Crippen LogP) is 2.31. The smallest absolute Gasteiger partial charge is 0.344 e. The minimum absolute atomic E-state index is 0.00734. The number of carbonyl (C=O) groups is 1. The summed E-state index contributed by atoms with van der Waals surface area (Å²) in [6.07, 6.45) is 2.56. The Kier molecular flexibility index (Phi) is 3.82. The Morgan fingerprint density at radius 3 is 2.47 bits per heavy atom. The summed E-state index contributed by atoms with van der Waals surface area (Å²) < 4.78 is 3.87. The van der Waals surface area contributed by atoms with Gasteiger partial charge in [-0.25, -0.2) is 4.79 Å². The molecule has 1 aromatic carbocycles. The van der Waals surface area contributed by atoms with Crippen molar-refractivity contribution in [1.29, 1.82) is 0 Å². The van der Waals surface area contributed by atoms with E-state index in [4.69, 9.17) is 11.9 Å². The second-order valence-electron chi connectivity index (χ2n) is 2.58. The van der Waals surface area contributed by atoms with Gasteiger partial charge in [0.25, 0.3) is 5.69 Å². The average molecular weight is 228 g/mol. The highest BCUT2D eigenvalue weighted by Crippen LogP contribution is 2.12. The first kappa shape index (κ1) is 11.2. The van der Waals surface area contributed by atoms with Gasteiger partial charge in [0.2, 0.25) is 0 Å². The molecule has 0 saturated heterocycles. The lowest BCUT2D eigenvalue weighted by Crippen LogP contribution is -1.89. The van der Waals surface area contributed by atoms with E-state index < -0.39 is 10.9 Å². The topological polar surface area (TPSA) is 69.4 Å². The normalized spacial score (nSPS) is 10.2. The lowest BCUT2D eigenvalue weighted by molar-refractivity contribution is -0.384. The van der Waals surface area contributed by atoms with E-state index in [0.29, 0.717) is 5.56 Å². The highest BCUT2D eigenvalue weighted by Gasteiger charge is 2.02. The van der Waals surface area contributed by atoms with Gasteiger partial charge < -0.3 is 4.29 Å². The highest BCUT2D eigenvalue weighted by molar-refractivity contribution is 6.15. The number of non-ortho nitro benzene ring substituents is 1. The Morgan fingerprint density at radius 2 is 2.00 bits per heavy atom. The van der Waals surface area contributed by atoms with Crippen molar-refractivity contribution < 1.29 is 14.0 Å². The molecule has 0 atom stereocenters. The molecule has 0 radical (unpaired) electrons. The first-order valence-corrected chi connectivity index (χ1v) is 4.19. The van der Waals surface area contributed by atoms with E-state index in [-0.39, 0.29) is 5.69 Å². The lowest BCUT2D eigenvalue weighted by atomic mass is 10.2. The van der Waals surface area contributed by atoms with Crippen molar-refractivity contribution in [3.63, 3.8) is 0 Å². The number of carbonyl (C=O) groups excluding carboxylic acids is 1. The van der Waals surface area contributed by atoms with Gasteiger partial charge in [-0.3, -0.25) is 10.1 Å². The zero-order valence-electron chi connectivity index (χ0n) is 7.42. The molecule has 0 N–H and O–H groups in total. The maximum Gasteiger partial charge on any atom is 0.349 e. The Balaban J connectivity index is 2.77. The number of nitro groups is 1. The van der Waals surface area contributed by atoms with Gasteiger partial charge in [-0.15, -0.1) is 0 Å². The molecule has 0 aliphatic heterocycles. The van der Waals surface area contributed by atoms with Crippen molar-refractivity contribution in [3.8, 4) is 0 Å². The molecule has 0 aliphatic carbocycles. The van der Waals surface area contributed by atoms with Crippen LogP contribution in [0.4, 0.5) is 5.69 Å². The van der Waals surface area contributed by atoms with Crippen LogP contribution < -0.4 is 0 Å². The first-order valence-electron chi connectivity index (χ1n) is 3.88. The number of nitrogens with zero attached hydrogens (tertiary/aromatic N) is 1. The van der Waals surface area contributed by atoms with Gasteiger partial charge in [0, 0.05) is 18.2 Å². The van der Waals surface area contributed by atoms with Crippen LogP contribution in [0.25, 0.3) is 6.08 Å². The van der Waals surface area contributed by atoms with Crippen LogP contribution in [-0.4, -0.2) is 10.9 Å². The fourth-order valence-electron chi connectivity index (χ4n) is 0.897. The van der Waals surface area contributed by atoms with E-state index >= 15 is 0 Å². The zero-order chi connectivity index (χ0) is 11.3. The summed E-state index contributed by atoms with van der Waals surface area (Å²) in [5, 5.41) is 10.3. The minimum atomic E-state index is -0.699. The van der Waals surface area contributed by atoms with Crippen LogP contribution in [0.15, 0.2) is 30.3 Å². The Labute approximate surface area is 90.2 Å². The van der Waals surface area contributed by atoms with Gasteiger partial charge in [0.1, 0.15) is 11.9 Å². The molecule has 0 aliphatic rings. The van der Waals surface area contributed by atoms with E-state index in [9.17, 15) is 14.9 Å². The molecule has 78 valence electrons. The third kappa shape index (κ3) is 3.40. The van der Waals surface area contributed by atoms with Gasteiger partial charge in [0.05, 0.1) is 4.92 Å². The van der Waals surface area contributed by atoms with Crippen molar-refractivity contribution in [3.05, 3.63) is 46.0 Å². The highest BCUT2D eigenvalue weighted by atomic mass is 35.5. The van der Waals surface area contributed by atoms with Crippen LogP contribution in [-0.2, 0) is 9.08 Å². The van der Waals surface area contributed by atoms with Crippen LogP contribution in [0.2, 0.25) is 0 Å². The quantitative estimate of drug-likeness (QED) is 0.451. The van der Waals surface area contributed by atoms with Crippen molar-refractivity contribution >= 4 is 29.6 Å². The fourth-order valence-corrected chi connectivity index (χ4v) is 0.949. The number of hydrogen-bond acceptors (Lipinski definition) is 4. The Bertz CT molecular complexity index is 399. The van der Waals surface area contributed by atoms with E-state index in [2.05, 4.69) is 4.29 Å². The summed E-state index contributed by atoms with van der Waals surface area (Å²) in [4.78, 5) is 20.4. The molecule has 0 saturated carbocycles. The number of rotatable bonds is 3. The summed E-state index contributed by atoms with van der Waals surface area (Å²) in [5.74, 6) is -0.699. The Morgan fingerprint density at radius 1 is 1.40 bits per heavy atom. The molecule has 0 unspecified atom stereocenters. The second kappa shape index (κ2) is 5.11. The van der Waals surface area contributed by atoms with Gasteiger partial charge >= 0.3 is 5.97 Å². The molecule has 0 amide bonds. The van der Waals surface area contributed by atoms with Crippen molar-refractivity contribution in [1.82, 2.24) is 0 Å². The van der Waals surface area contributed by atoms with Crippen LogP contribution in [0.3, 0.4) is 0 Å². The summed E-state index contributed by atoms with van der Waals surface area (Å²) >= 11 is 4.79. The van der Waals surface area contributed by atoms with Crippen LogP contribution in [0.1, 0.15) is 5.56 Å². The number of benzene rings is 1. The van der Waals surface area contributed by atoms with Gasteiger partial charge in [-0.1, -0.05) is 0 Å².